The average Bonchev–Trinajstić information content (AvgIpc) is 2.67. The number of aliphatic hydroxyl groups is 1. The lowest BCUT2D eigenvalue weighted by atomic mass is 10.1. The van der Waals surface area contributed by atoms with Gasteiger partial charge in [0.2, 0.25) is 0 Å². The van der Waals surface area contributed by atoms with Gasteiger partial charge < -0.3 is 15.3 Å². The van der Waals surface area contributed by atoms with Crippen molar-refractivity contribution in [1.82, 2.24) is 15.1 Å². The molecule has 0 unspecified atom stereocenters. The summed E-state index contributed by atoms with van der Waals surface area (Å²) >= 11 is 2.05. The Morgan fingerprint density at radius 2 is 1.86 bits per heavy atom. The zero-order chi connectivity index (χ0) is 20.0. The highest BCUT2D eigenvalue weighted by molar-refractivity contribution is 8.00. The molecule has 2 aliphatic rings. The SMILES string of the molecule is CCNC(=NCc1ccc(CN2CCC(O)CC2)cc1)N1CCSC(C)(C)C1. The van der Waals surface area contributed by atoms with Gasteiger partial charge in [0.1, 0.15) is 0 Å². The summed E-state index contributed by atoms with van der Waals surface area (Å²) in [5, 5.41) is 13.1. The Bertz CT molecular complexity index is 638. The first kappa shape index (κ1) is 21.5. The highest BCUT2D eigenvalue weighted by Gasteiger charge is 2.28. The highest BCUT2D eigenvalue weighted by atomic mass is 32.2. The maximum Gasteiger partial charge on any atom is 0.194 e. The largest absolute Gasteiger partial charge is 0.393 e. The van der Waals surface area contributed by atoms with E-state index in [4.69, 9.17) is 4.99 Å². The van der Waals surface area contributed by atoms with Crippen molar-refractivity contribution in [1.29, 1.82) is 0 Å². The number of hydrogen-bond acceptors (Lipinski definition) is 4. The van der Waals surface area contributed by atoms with Crippen LogP contribution in [0, 0.1) is 0 Å². The molecule has 2 aliphatic heterocycles. The molecule has 0 aromatic heterocycles. The second kappa shape index (κ2) is 9.99. The molecule has 28 heavy (non-hydrogen) atoms. The van der Waals surface area contributed by atoms with Gasteiger partial charge in [0.05, 0.1) is 12.6 Å². The first-order valence-electron chi connectivity index (χ1n) is 10.6. The fourth-order valence-corrected chi connectivity index (χ4v) is 4.99. The molecule has 0 amide bonds. The van der Waals surface area contributed by atoms with Gasteiger partial charge >= 0.3 is 0 Å². The molecule has 2 N–H and O–H groups in total. The molecule has 5 nitrogen and oxygen atoms in total. The van der Waals surface area contributed by atoms with Crippen LogP contribution >= 0.6 is 11.8 Å². The number of guanidine groups is 1. The lowest BCUT2D eigenvalue weighted by Gasteiger charge is -2.39. The van der Waals surface area contributed by atoms with Crippen LogP contribution in [-0.4, -0.2) is 70.2 Å². The number of rotatable bonds is 5. The molecule has 0 aliphatic carbocycles. The Morgan fingerprint density at radius 3 is 2.50 bits per heavy atom. The van der Waals surface area contributed by atoms with Gasteiger partial charge in [-0.2, -0.15) is 11.8 Å². The number of nitrogens with zero attached hydrogens (tertiary/aromatic N) is 3. The van der Waals surface area contributed by atoms with Crippen LogP contribution in [0.25, 0.3) is 0 Å². The van der Waals surface area contributed by atoms with E-state index in [1.54, 1.807) is 0 Å². The molecule has 1 aromatic rings. The standard InChI is InChI=1S/C22H36N4OS/c1-4-23-21(26-13-14-28-22(2,3)17-26)24-15-18-5-7-19(8-6-18)16-25-11-9-20(27)10-12-25/h5-8,20,27H,4,9-17H2,1-3H3,(H,23,24). The molecule has 0 spiro atoms. The molecule has 2 saturated heterocycles. The minimum atomic E-state index is -0.105. The quantitative estimate of drug-likeness (QED) is 0.584. The maximum atomic E-state index is 9.65. The van der Waals surface area contributed by atoms with Gasteiger partial charge in [-0.3, -0.25) is 4.90 Å². The van der Waals surface area contributed by atoms with Gasteiger partial charge in [-0.25, -0.2) is 4.99 Å². The predicted octanol–water partition coefficient (Wildman–Crippen LogP) is 2.94. The number of thioether (sulfide) groups is 1. The van der Waals surface area contributed by atoms with Gasteiger partial charge in [0.15, 0.2) is 5.96 Å². The van der Waals surface area contributed by atoms with Crippen LogP contribution < -0.4 is 5.32 Å². The summed E-state index contributed by atoms with van der Waals surface area (Å²) in [5.74, 6) is 2.19. The minimum absolute atomic E-state index is 0.105. The van der Waals surface area contributed by atoms with Crippen molar-refractivity contribution in [3.63, 3.8) is 0 Å². The summed E-state index contributed by atoms with van der Waals surface area (Å²) in [5.41, 5.74) is 2.59. The Labute approximate surface area is 174 Å². The summed E-state index contributed by atoms with van der Waals surface area (Å²) in [6.45, 7) is 13.4. The second-order valence-corrected chi connectivity index (χ2v) is 10.3. The molecule has 0 bridgehead atoms. The van der Waals surface area contributed by atoms with E-state index in [1.807, 2.05) is 11.8 Å². The smallest absolute Gasteiger partial charge is 0.194 e. The van der Waals surface area contributed by atoms with Crippen LogP contribution in [-0.2, 0) is 13.1 Å². The Kier molecular flexibility index (Phi) is 7.66. The van der Waals surface area contributed by atoms with Crippen molar-refractivity contribution in [2.24, 2.45) is 4.99 Å². The molecule has 6 heteroatoms. The van der Waals surface area contributed by atoms with E-state index < -0.39 is 0 Å². The van der Waals surface area contributed by atoms with Gasteiger partial charge in [-0.05, 0) is 44.7 Å². The highest BCUT2D eigenvalue weighted by Crippen LogP contribution is 2.29. The number of likely N-dealkylation sites (tertiary alicyclic amines) is 1. The number of hydrogen-bond donors (Lipinski definition) is 2. The van der Waals surface area contributed by atoms with Crippen LogP contribution in [0.2, 0.25) is 0 Å². The number of aliphatic hydroxyl groups excluding tert-OH is 1. The van der Waals surface area contributed by atoms with E-state index >= 15 is 0 Å². The molecule has 3 rings (SSSR count). The van der Waals surface area contributed by atoms with Crippen LogP contribution in [0.3, 0.4) is 0 Å². The monoisotopic (exact) mass is 404 g/mol. The molecule has 0 radical (unpaired) electrons. The Hall–Kier alpha value is -1.24. The number of aliphatic imine (C=N–C) groups is 1. The molecule has 156 valence electrons. The Balaban J connectivity index is 1.57. The molecule has 0 saturated carbocycles. The average molecular weight is 405 g/mol. The molecule has 1 aromatic carbocycles. The van der Waals surface area contributed by atoms with E-state index in [0.29, 0.717) is 6.54 Å². The Morgan fingerprint density at radius 1 is 1.18 bits per heavy atom. The minimum Gasteiger partial charge on any atom is -0.393 e. The van der Waals surface area contributed by atoms with E-state index in [0.717, 1.165) is 63.8 Å². The summed E-state index contributed by atoms with van der Waals surface area (Å²) < 4.78 is 0.278. The zero-order valence-electron chi connectivity index (χ0n) is 17.7. The van der Waals surface area contributed by atoms with E-state index in [-0.39, 0.29) is 10.9 Å². The van der Waals surface area contributed by atoms with Crippen molar-refractivity contribution in [3.05, 3.63) is 35.4 Å². The van der Waals surface area contributed by atoms with Crippen molar-refractivity contribution < 1.29 is 5.11 Å². The first-order valence-corrected chi connectivity index (χ1v) is 11.6. The van der Waals surface area contributed by atoms with Gasteiger partial charge in [-0.15, -0.1) is 0 Å². The van der Waals surface area contributed by atoms with Gasteiger partial charge in [0, 0.05) is 49.8 Å². The van der Waals surface area contributed by atoms with E-state index in [1.165, 1.54) is 11.1 Å². The molecular formula is C22H36N4OS. The lowest BCUT2D eigenvalue weighted by molar-refractivity contribution is 0.0792. The van der Waals surface area contributed by atoms with Crippen LogP contribution in [0.5, 0.6) is 0 Å². The van der Waals surface area contributed by atoms with Crippen LogP contribution in [0.1, 0.15) is 44.7 Å². The van der Waals surface area contributed by atoms with Gasteiger partial charge in [-0.1, -0.05) is 24.3 Å². The molecular weight excluding hydrogens is 368 g/mol. The molecule has 2 fully saturated rings. The summed E-state index contributed by atoms with van der Waals surface area (Å²) in [6.07, 6.45) is 1.68. The van der Waals surface area contributed by atoms with Crippen molar-refractivity contribution in [2.75, 3.05) is 38.5 Å². The topological polar surface area (TPSA) is 51.1 Å². The van der Waals surface area contributed by atoms with Crippen molar-refractivity contribution >= 4 is 17.7 Å². The third kappa shape index (κ3) is 6.39. The number of piperidine rings is 1. The lowest BCUT2D eigenvalue weighted by Crippen LogP contribution is -2.50. The molecule has 2 heterocycles. The summed E-state index contributed by atoms with van der Waals surface area (Å²) in [7, 11) is 0. The fraction of sp³-hybridized carbons (Fsp3) is 0.682. The fourth-order valence-electron chi connectivity index (χ4n) is 3.87. The number of benzene rings is 1. The predicted molar refractivity (Wildman–Crippen MR) is 120 cm³/mol. The van der Waals surface area contributed by atoms with Crippen LogP contribution in [0.15, 0.2) is 29.3 Å². The summed E-state index contributed by atoms with van der Waals surface area (Å²) in [6, 6.07) is 8.86. The van der Waals surface area contributed by atoms with Gasteiger partial charge in [0.25, 0.3) is 0 Å². The third-order valence-electron chi connectivity index (χ3n) is 5.46. The second-order valence-electron chi connectivity index (χ2n) is 8.52. The zero-order valence-corrected chi connectivity index (χ0v) is 18.5. The number of nitrogens with one attached hydrogen (secondary N) is 1. The molecule has 0 atom stereocenters. The third-order valence-corrected chi connectivity index (χ3v) is 6.75. The van der Waals surface area contributed by atoms with Crippen molar-refractivity contribution in [2.45, 2.75) is 57.6 Å². The van der Waals surface area contributed by atoms with Crippen molar-refractivity contribution in [3.8, 4) is 0 Å². The maximum absolute atomic E-state index is 9.65. The van der Waals surface area contributed by atoms with E-state index in [9.17, 15) is 5.11 Å². The van der Waals surface area contributed by atoms with E-state index in [2.05, 4.69) is 60.2 Å². The van der Waals surface area contributed by atoms with Crippen LogP contribution in [0.4, 0.5) is 0 Å². The first-order chi connectivity index (χ1) is 13.4. The normalized spacial score (nSPS) is 21.7. The summed E-state index contributed by atoms with van der Waals surface area (Å²) in [4.78, 5) is 9.74.